The fraction of sp³-hybridized carbons (Fsp3) is 0.400. The van der Waals surface area contributed by atoms with Gasteiger partial charge in [0.2, 0.25) is 21.8 Å². The van der Waals surface area contributed by atoms with E-state index in [2.05, 4.69) is 5.32 Å². The summed E-state index contributed by atoms with van der Waals surface area (Å²) in [6.07, 6.45) is 6.24. The Bertz CT molecular complexity index is 1410. The van der Waals surface area contributed by atoms with Gasteiger partial charge in [-0.15, -0.1) is 0 Å². The van der Waals surface area contributed by atoms with Crippen molar-refractivity contribution in [3.05, 3.63) is 72.3 Å². The molecule has 1 N–H and O–H groups in total. The molecular weight excluding hydrogens is 514 g/mol. The lowest BCUT2D eigenvalue weighted by Gasteiger charge is -2.33. The Morgan fingerprint density at radius 1 is 1.00 bits per heavy atom. The van der Waals surface area contributed by atoms with Gasteiger partial charge < -0.3 is 15.0 Å². The molecule has 1 aliphatic carbocycles. The number of amides is 2. The third-order valence-corrected chi connectivity index (χ3v) is 8.45. The Labute approximate surface area is 231 Å². The van der Waals surface area contributed by atoms with E-state index in [1.165, 1.54) is 4.90 Å². The summed E-state index contributed by atoms with van der Waals surface area (Å²) < 4.78 is 32.5. The van der Waals surface area contributed by atoms with E-state index in [9.17, 15) is 18.0 Å². The predicted molar refractivity (Wildman–Crippen MR) is 154 cm³/mol. The zero-order chi connectivity index (χ0) is 28.0. The van der Waals surface area contributed by atoms with Crippen LogP contribution in [-0.2, 0) is 26.2 Å². The van der Waals surface area contributed by atoms with Crippen LogP contribution in [0.1, 0.15) is 44.6 Å². The number of carbonyl (C=O) groups excluding carboxylic acids is 2. The smallest absolute Gasteiger partial charge is 0.244 e. The van der Waals surface area contributed by atoms with Gasteiger partial charge in [0.05, 0.1) is 19.1 Å². The standard InChI is InChI=1S/C30H37N3O5S/c1-22(30(35)31-25-14-5-4-6-15-25)32(20-23-11-9-16-26(19-23)38-2)29(34)21-33(39(3,36)37)28-18-10-13-24-12-7-8-17-27(24)28/h7-13,16-19,22,25H,4-6,14-15,20-21H2,1-3H3,(H,31,35)/t22-/m1/s1. The minimum atomic E-state index is -3.82. The number of benzene rings is 3. The quantitative estimate of drug-likeness (QED) is 0.401. The molecule has 0 radical (unpaired) electrons. The van der Waals surface area contributed by atoms with Crippen molar-refractivity contribution in [2.45, 2.75) is 57.7 Å². The molecule has 0 unspecified atom stereocenters. The van der Waals surface area contributed by atoms with Gasteiger partial charge in [-0.25, -0.2) is 8.42 Å². The Hall–Kier alpha value is -3.59. The molecule has 2 amide bonds. The maximum atomic E-state index is 13.9. The van der Waals surface area contributed by atoms with Gasteiger partial charge in [-0.1, -0.05) is 67.8 Å². The van der Waals surface area contributed by atoms with Gasteiger partial charge in [0.1, 0.15) is 18.3 Å². The second-order valence-electron chi connectivity index (χ2n) is 10.2. The van der Waals surface area contributed by atoms with Crippen molar-refractivity contribution in [2.75, 3.05) is 24.2 Å². The topological polar surface area (TPSA) is 96.0 Å². The molecule has 9 heteroatoms. The lowest BCUT2D eigenvalue weighted by atomic mass is 9.95. The molecule has 0 heterocycles. The molecule has 0 spiro atoms. The van der Waals surface area contributed by atoms with Gasteiger partial charge in [-0.2, -0.15) is 0 Å². The monoisotopic (exact) mass is 551 g/mol. The third-order valence-electron chi connectivity index (χ3n) is 7.32. The van der Waals surface area contributed by atoms with Crippen LogP contribution in [0.25, 0.3) is 10.8 Å². The Morgan fingerprint density at radius 3 is 2.41 bits per heavy atom. The van der Waals surface area contributed by atoms with Crippen molar-refractivity contribution >= 4 is 38.3 Å². The van der Waals surface area contributed by atoms with Crippen molar-refractivity contribution in [1.29, 1.82) is 0 Å². The molecule has 1 fully saturated rings. The van der Waals surface area contributed by atoms with Gasteiger partial charge in [0.25, 0.3) is 0 Å². The summed E-state index contributed by atoms with van der Waals surface area (Å²) in [7, 11) is -2.26. The van der Waals surface area contributed by atoms with Gasteiger partial charge in [-0.3, -0.25) is 13.9 Å². The molecule has 8 nitrogen and oxygen atoms in total. The fourth-order valence-electron chi connectivity index (χ4n) is 5.14. The number of nitrogens with one attached hydrogen (secondary N) is 1. The van der Waals surface area contributed by atoms with E-state index in [-0.39, 0.29) is 18.5 Å². The van der Waals surface area contributed by atoms with Crippen molar-refractivity contribution in [3.63, 3.8) is 0 Å². The summed E-state index contributed by atoms with van der Waals surface area (Å²) in [5.74, 6) is -0.0792. The van der Waals surface area contributed by atoms with Crippen LogP contribution in [0.4, 0.5) is 5.69 Å². The molecular formula is C30H37N3O5S. The van der Waals surface area contributed by atoms with E-state index in [1.807, 2.05) is 48.5 Å². The molecule has 1 aliphatic rings. The highest BCUT2D eigenvalue weighted by Gasteiger charge is 2.31. The van der Waals surface area contributed by atoms with Gasteiger partial charge in [-0.05, 0) is 48.9 Å². The van der Waals surface area contributed by atoms with E-state index in [4.69, 9.17) is 4.74 Å². The van der Waals surface area contributed by atoms with E-state index in [1.54, 1.807) is 32.2 Å². The Kier molecular flexibility index (Phi) is 9.12. The SMILES string of the molecule is COc1cccc(CN(C(=O)CN(c2cccc3ccccc23)S(C)(=O)=O)[C@H](C)C(=O)NC2CCCCC2)c1. The number of hydrogen-bond acceptors (Lipinski definition) is 5. The molecule has 39 heavy (non-hydrogen) atoms. The predicted octanol–water partition coefficient (Wildman–Crippen LogP) is 4.48. The molecule has 0 aromatic heterocycles. The summed E-state index contributed by atoms with van der Waals surface area (Å²) >= 11 is 0. The number of ether oxygens (including phenoxy) is 1. The van der Waals surface area contributed by atoms with E-state index < -0.39 is 28.5 Å². The van der Waals surface area contributed by atoms with Crippen molar-refractivity contribution in [3.8, 4) is 5.75 Å². The largest absolute Gasteiger partial charge is 0.497 e. The van der Waals surface area contributed by atoms with Gasteiger partial charge >= 0.3 is 0 Å². The first-order chi connectivity index (χ1) is 18.7. The van der Waals surface area contributed by atoms with Crippen molar-refractivity contribution in [2.24, 2.45) is 0 Å². The number of nitrogens with zero attached hydrogens (tertiary/aromatic N) is 2. The minimum absolute atomic E-state index is 0.0886. The van der Waals surface area contributed by atoms with Gasteiger partial charge in [0.15, 0.2) is 0 Å². The van der Waals surface area contributed by atoms with Crippen LogP contribution in [0.5, 0.6) is 5.75 Å². The molecule has 3 aromatic carbocycles. The number of rotatable bonds is 10. The van der Waals surface area contributed by atoms with E-state index in [0.29, 0.717) is 11.4 Å². The van der Waals surface area contributed by atoms with Crippen LogP contribution in [0, 0.1) is 0 Å². The number of hydrogen-bond donors (Lipinski definition) is 1. The maximum absolute atomic E-state index is 13.9. The van der Waals surface area contributed by atoms with Crippen LogP contribution in [0.15, 0.2) is 66.7 Å². The number of fused-ring (bicyclic) bond motifs is 1. The number of anilines is 1. The summed E-state index contributed by atoms with van der Waals surface area (Å²) in [5.41, 5.74) is 1.20. The second kappa shape index (κ2) is 12.5. The molecule has 3 aromatic rings. The maximum Gasteiger partial charge on any atom is 0.244 e. The molecule has 0 bridgehead atoms. The summed E-state index contributed by atoms with van der Waals surface area (Å²) in [5, 5.41) is 4.70. The fourth-order valence-corrected chi connectivity index (χ4v) is 6.00. The number of sulfonamides is 1. The van der Waals surface area contributed by atoms with Crippen LogP contribution in [0.2, 0.25) is 0 Å². The minimum Gasteiger partial charge on any atom is -0.497 e. The Balaban J connectivity index is 1.65. The summed E-state index contributed by atoms with van der Waals surface area (Å²) in [6, 6.07) is 19.4. The molecule has 0 saturated heterocycles. The Morgan fingerprint density at radius 2 is 1.69 bits per heavy atom. The van der Waals surface area contributed by atoms with E-state index >= 15 is 0 Å². The highest BCUT2D eigenvalue weighted by Crippen LogP contribution is 2.29. The highest BCUT2D eigenvalue weighted by molar-refractivity contribution is 7.92. The lowest BCUT2D eigenvalue weighted by Crippen LogP contribution is -2.53. The number of methoxy groups -OCH3 is 1. The third kappa shape index (κ3) is 7.09. The second-order valence-corrected chi connectivity index (χ2v) is 12.1. The molecule has 208 valence electrons. The average molecular weight is 552 g/mol. The number of carbonyl (C=O) groups is 2. The summed E-state index contributed by atoms with van der Waals surface area (Å²) in [6.45, 7) is 1.39. The van der Waals surface area contributed by atoms with Crippen molar-refractivity contribution in [1.82, 2.24) is 10.2 Å². The molecule has 4 rings (SSSR count). The first kappa shape index (κ1) is 28.4. The van der Waals surface area contributed by atoms with Crippen LogP contribution in [0.3, 0.4) is 0 Å². The normalized spacial score (nSPS) is 14.9. The van der Waals surface area contributed by atoms with Crippen LogP contribution < -0.4 is 14.4 Å². The first-order valence-corrected chi connectivity index (χ1v) is 15.2. The summed E-state index contributed by atoms with van der Waals surface area (Å²) in [4.78, 5) is 28.7. The van der Waals surface area contributed by atoms with Crippen LogP contribution in [-0.4, -0.2) is 57.1 Å². The first-order valence-electron chi connectivity index (χ1n) is 13.4. The average Bonchev–Trinajstić information content (AvgIpc) is 2.94. The van der Waals surface area contributed by atoms with Gasteiger partial charge in [0, 0.05) is 18.0 Å². The molecule has 0 aliphatic heterocycles. The van der Waals surface area contributed by atoms with E-state index in [0.717, 1.165) is 59.0 Å². The lowest BCUT2D eigenvalue weighted by molar-refractivity contribution is -0.139. The van der Waals surface area contributed by atoms with Crippen LogP contribution >= 0.6 is 0 Å². The highest BCUT2D eigenvalue weighted by atomic mass is 32.2. The molecule has 1 saturated carbocycles. The molecule has 1 atom stereocenters. The van der Waals surface area contributed by atoms with Crippen molar-refractivity contribution < 1.29 is 22.7 Å². The zero-order valence-electron chi connectivity index (χ0n) is 22.8. The zero-order valence-corrected chi connectivity index (χ0v) is 23.6.